The Bertz CT molecular complexity index is 8.00. The molecule has 0 amide bonds. The van der Waals surface area contributed by atoms with E-state index in [-0.39, 0.29) is 84.2 Å². The Morgan fingerprint density at radius 3 is 1.00 bits per heavy atom. The van der Waals surface area contributed by atoms with Crippen molar-refractivity contribution in [3.05, 3.63) is 0 Å². The summed E-state index contributed by atoms with van der Waals surface area (Å²) in [6.45, 7) is 0. The van der Waals surface area contributed by atoms with Crippen LogP contribution in [0.4, 0.5) is 0 Å². The molecule has 0 fully saturated rings. The van der Waals surface area contributed by atoms with Gasteiger partial charge in [0, 0.05) is 61.1 Å². The maximum absolute atomic E-state index is 0. The topological polar surface area (TPSA) is 0 Å². The Labute approximate surface area is 82.8 Å². The predicted molar refractivity (Wildman–Crippen MR) is 8.54 cm³/mol. The van der Waals surface area contributed by atoms with E-state index in [9.17, 15) is 0 Å². The fourth-order valence-electron chi connectivity index (χ4n) is 0. The Morgan fingerprint density at radius 1 is 1.00 bits per heavy atom. The van der Waals surface area contributed by atoms with Gasteiger partial charge in [-0.15, -0.1) is 0 Å². The van der Waals surface area contributed by atoms with Crippen LogP contribution in [0.15, 0.2) is 0 Å². The summed E-state index contributed by atoms with van der Waals surface area (Å²) in [7, 11) is 0. The van der Waals surface area contributed by atoms with Crippen LogP contribution in [-0.2, 0) is 61.1 Å². The van der Waals surface area contributed by atoms with Crippen LogP contribution in [-0.4, -0.2) is 23.1 Å². The third kappa shape index (κ3) is 8.83. The second-order valence-corrected chi connectivity index (χ2v) is 0. The summed E-state index contributed by atoms with van der Waals surface area (Å²) in [6, 6.07) is 0. The van der Waals surface area contributed by atoms with Gasteiger partial charge in [-0.05, 0) is 0 Å². The van der Waals surface area contributed by atoms with Crippen LogP contribution in [0.2, 0.25) is 0 Å². The van der Waals surface area contributed by atoms with E-state index < -0.39 is 0 Å². The van der Waals surface area contributed by atoms with E-state index in [0.29, 0.717) is 0 Å². The summed E-state index contributed by atoms with van der Waals surface area (Å²) in [6.07, 6.45) is 0. The molecule has 4 heavy (non-hydrogen) atoms. The van der Waals surface area contributed by atoms with Crippen LogP contribution in [0.3, 0.4) is 0 Å². The third-order valence-electron chi connectivity index (χ3n) is 0. The molecule has 0 aliphatic heterocycles. The van der Waals surface area contributed by atoms with Crippen molar-refractivity contribution >= 4 is 23.1 Å². The fourth-order valence-corrected chi connectivity index (χ4v) is 0. The van der Waals surface area contributed by atoms with Crippen LogP contribution in [0.25, 0.3) is 0 Å². The van der Waals surface area contributed by atoms with Crippen molar-refractivity contribution in [3.63, 3.8) is 0 Å². The zero-order valence-corrected chi connectivity index (χ0v) is 7.36. The van der Waals surface area contributed by atoms with Crippen molar-refractivity contribution in [3.8, 4) is 0 Å². The second kappa shape index (κ2) is 17.2. The number of hydrogen-bond acceptors (Lipinski definition) is 0. The van der Waals surface area contributed by atoms with Gasteiger partial charge in [-0.3, -0.25) is 0 Å². The Kier molecular flexibility index (Phi) is 128. The molecule has 0 aliphatic rings. The molecule has 0 saturated heterocycles. The molecule has 26 valence electrons. The predicted octanol–water partition coefficient (Wildman–Crippen LogP) is -0.924. The van der Waals surface area contributed by atoms with E-state index in [1.54, 1.807) is 0 Å². The van der Waals surface area contributed by atoms with Crippen molar-refractivity contribution in [2.75, 3.05) is 0 Å². The van der Waals surface area contributed by atoms with Gasteiger partial charge in [-0.25, -0.2) is 0 Å². The molecule has 0 spiro atoms. The van der Waals surface area contributed by atoms with Crippen molar-refractivity contribution in [1.82, 2.24) is 0 Å². The summed E-state index contributed by atoms with van der Waals surface area (Å²) in [5, 5.41) is 0. The van der Waals surface area contributed by atoms with Crippen molar-refractivity contribution in [2.24, 2.45) is 0 Å². The van der Waals surface area contributed by atoms with Gasteiger partial charge in [0.15, 0.2) is 0 Å². The summed E-state index contributed by atoms with van der Waals surface area (Å²) < 4.78 is 0. The molecule has 0 N–H and O–H groups in total. The van der Waals surface area contributed by atoms with Gasteiger partial charge in [0.2, 0.25) is 0 Å². The summed E-state index contributed by atoms with van der Waals surface area (Å²) >= 11 is 0. The van der Waals surface area contributed by atoms with Gasteiger partial charge >= 0.3 is 23.1 Å². The van der Waals surface area contributed by atoms with Crippen molar-refractivity contribution in [1.29, 1.82) is 0 Å². The van der Waals surface area contributed by atoms with Gasteiger partial charge in [0.05, 0.1) is 0 Å². The molecule has 2 radical (unpaired) electrons. The summed E-state index contributed by atoms with van der Waals surface area (Å²) in [4.78, 5) is 0. The van der Waals surface area contributed by atoms with Crippen LogP contribution >= 0.6 is 0 Å². The first kappa shape index (κ1) is 29.8. The Hall–Kier alpha value is 2.71. The molecule has 0 aromatic rings. The minimum atomic E-state index is 0. The molecular weight excluding hydrogens is 259 g/mol. The van der Waals surface area contributed by atoms with Crippen LogP contribution < -0.4 is 0 Å². The maximum atomic E-state index is 0. The van der Waals surface area contributed by atoms with Crippen molar-refractivity contribution < 1.29 is 61.1 Å². The minimum Gasteiger partial charge on any atom is 0 e. The second-order valence-electron chi connectivity index (χ2n) is 0. The Balaban J connectivity index is 0. The molecule has 0 aliphatic carbocycles. The van der Waals surface area contributed by atoms with E-state index >= 15 is 0 Å². The fraction of sp³-hybridized carbons (Fsp3) is 0. The molecular formula is H2CdCoCuMg. The van der Waals surface area contributed by atoms with E-state index in [2.05, 4.69) is 0 Å². The molecule has 0 atom stereocenters. The van der Waals surface area contributed by atoms with Gasteiger partial charge < -0.3 is 0 Å². The van der Waals surface area contributed by atoms with Crippen LogP contribution in [0.5, 0.6) is 0 Å². The SMILES string of the molecule is [Cd].[Co].[Cu].[MgH2]. The van der Waals surface area contributed by atoms with Crippen LogP contribution in [0.1, 0.15) is 0 Å². The normalized spacial score (nSPS) is 0. The van der Waals surface area contributed by atoms with E-state index in [1.165, 1.54) is 0 Å². The Morgan fingerprint density at radius 2 is 1.00 bits per heavy atom. The monoisotopic (exact) mass is 262 g/mol. The largest absolute Gasteiger partial charge is 0.316 e. The zero-order valence-electron chi connectivity index (χ0n) is 1.34. The summed E-state index contributed by atoms with van der Waals surface area (Å²) in [5.74, 6) is 0. The minimum absolute atomic E-state index is 0. The first-order chi connectivity index (χ1) is 0. The maximum Gasteiger partial charge on any atom is 0.316 e. The van der Waals surface area contributed by atoms with Gasteiger partial charge in [-0.2, -0.15) is 0 Å². The molecule has 0 nitrogen and oxygen atoms in total. The summed E-state index contributed by atoms with van der Waals surface area (Å²) in [5.41, 5.74) is 0. The zero-order chi connectivity index (χ0) is 0. The molecule has 0 rings (SSSR count). The number of hydrogen-bond donors (Lipinski definition) is 0. The van der Waals surface area contributed by atoms with E-state index in [4.69, 9.17) is 0 Å². The molecule has 0 bridgehead atoms. The van der Waals surface area contributed by atoms with Gasteiger partial charge in [0.25, 0.3) is 0 Å². The first-order valence-electron chi connectivity index (χ1n) is 0. The first-order valence-corrected chi connectivity index (χ1v) is 0. The molecule has 0 aromatic heterocycles. The number of rotatable bonds is 0. The molecule has 4 heteroatoms. The quantitative estimate of drug-likeness (QED) is 0.495. The molecule has 0 aromatic carbocycles. The average molecular weight is 261 g/mol. The molecule has 0 heterocycles. The van der Waals surface area contributed by atoms with Gasteiger partial charge in [-0.1, -0.05) is 0 Å². The standard InChI is InChI=1S/Cd.Co.Cu.Mg.2H. The average Bonchev–Trinajstić information content (AvgIpc) is 0. The molecule has 0 unspecified atom stereocenters. The van der Waals surface area contributed by atoms with E-state index in [0.717, 1.165) is 0 Å². The molecule has 0 saturated carbocycles. The van der Waals surface area contributed by atoms with E-state index in [1.807, 2.05) is 0 Å². The third-order valence-corrected chi connectivity index (χ3v) is 0. The van der Waals surface area contributed by atoms with Crippen LogP contribution in [0, 0.1) is 0 Å². The van der Waals surface area contributed by atoms with Crippen molar-refractivity contribution in [2.45, 2.75) is 0 Å². The van der Waals surface area contributed by atoms with Gasteiger partial charge in [0.1, 0.15) is 0 Å². The smallest absolute Gasteiger partial charge is 0 e.